The standard InChI is InChI=1S/C18H18ClN3O3S/c1-13-17(18(19)22(2)20-13)26(23,24)21-15-8-10-16(11-9-15)25-12-14-6-4-3-5-7-14/h3-11,21H,12H2,1-2H3. The van der Waals surface area contributed by atoms with Crippen LogP contribution in [0.15, 0.2) is 59.5 Å². The van der Waals surface area contributed by atoms with Gasteiger partial charge in [0.15, 0.2) is 0 Å². The number of anilines is 1. The third-order valence-electron chi connectivity index (χ3n) is 3.72. The minimum absolute atomic E-state index is 0.0222. The summed E-state index contributed by atoms with van der Waals surface area (Å²) >= 11 is 6.05. The predicted octanol–water partition coefficient (Wildman–Crippen LogP) is 3.76. The van der Waals surface area contributed by atoms with Crippen molar-refractivity contribution in [2.24, 2.45) is 7.05 Å². The van der Waals surface area contributed by atoms with E-state index in [1.54, 1.807) is 38.2 Å². The molecule has 3 aromatic rings. The second kappa shape index (κ2) is 7.39. The van der Waals surface area contributed by atoms with Crippen molar-refractivity contribution in [2.75, 3.05) is 4.72 Å². The Morgan fingerprint density at radius 3 is 2.35 bits per heavy atom. The van der Waals surface area contributed by atoms with Gasteiger partial charge >= 0.3 is 0 Å². The summed E-state index contributed by atoms with van der Waals surface area (Å²) in [6, 6.07) is 16.5. The maximum Gasteiger partial charge on any atom is 0.266 e. The highest BCUT2D eigenvalue weighted by Crippen LogP contribution is 2.27. The lowest BCUT2D eigenvalue weighted by Gasteiger charge is -2.10. The van der Waals surface area contributed by atoms with Gasteiger partial charge in [-0.2, -0.15) is 5.10 Å². The van der Waals surface area contributed by atoms with Crippen LogP contribution in [0.2, 0.25) is 5.15 Å². The summed E-state index contributed by atoms with van der Waals surface area (Å²) in [5.74, 6) is 0.646. The normalized spacial score (nSPS) is 11.3. The minimum Gasteiger partial charge on any atom is -0.489 e. The summed E-state index contributed by atoms with van der Waals surface area (Å²) in [7, 11) is -2.24. The van der Waals surface area contributed by atoms with Crippen LogP contribution in [0, 0.1) is 6.92 Å². The molecule has 136 valence electrons. The van der Waals surface area contributed by atoms with Crippen molar-refractivity contribution in [1.82, 2.24) is 9.78 Å². The molecular formula is C18H18ClN3O3S. The van der Waals surface area contributed by atoms with E-state index >= 15 is 0 Å². The SMILES string of the molecule is Cc1nn(C)c(Cl)c1S(=O)(=O)Nc1ccc(OCc2ccccc2)cc1. The van der Waals surface area contributed by atoms with Crippen LogP contribution in [0.5, 0.6) is 5.75 Å². The molecule has 0 aliphatic carbocycles. The van der Waals surface area contributed by atoms with Crippen molar-refractivity contribution >= 4 is 27.3 Å². The zero-order valence-electron chi connectivity index (χ0n) is 14.3. The molecular weight excluding hydrogens is 374 g/mol. The van der Waals surface area contributed by atoms with Gasteiger partial charge in [-0.1, -0.05) is 41.9 Å². The Bertz CT molecular complexity index is 1000. The molecule has 0 aliphatic heterocycles. The van der Waals surface area contributed by atoms with E-state index in [-0.39, 0.29) is 10.0 Å². The van der Waals surface area contributed by atoms with E-state index in [4.69, 9.17) is 16.3 Å². The molecule has 6 nitrogen and oxygen atoms in total. The van der Waals surface area contributed by atoms with Crippen LogP contribution in [-0.4, -0.2) is 18.2 Å². The van der Waals surface area contributed by atoms with Gasteiger partial charge in [-0.15, -0.1) is 0 Å². The lowest BCUT2D eigenvalue weighted by Crippen LogP contribution is -2.14. The molecule has 3 rings (SSSR count). The van der Waals surface area contributed by atoms with Gasteiger partial charge in [-0.3, -0.25) is 9.40 Å². The zero-order chi connectivity index (χ0) is 18.7. The third-order valence-corrected chi connectivity index (χ3v) is 5.80. The first-order valence-corrected chi connectivity index (χ1v) is 9.71. The highest BCUT2D eigenvalue weighted by molar-refractivity contribution is 7.92. The van der Waals surface area contributed by atoms with Gasteiger partial charge in [0.1, 0.15) is 22.4 Å². The van der Waals surface area contributed by atoms with Gasteiger partial charge in [0.25, 0.3) is 10.0 Å². The van der Waals surface area contributed by atoms with Gasteiger partial charge in [-0.05, 0) is 36.8 Å². The first-order valence-electron chi connectivity index (χ1n) is 7.85. The Morgan fingerprint density at radius 1 is 1.12 bits per heavy atom. The number of hydrogen-bond acceptors (Lipinski definition) is 4. The van der Waals surface area contributed by atoms with E-state index in [0.29, 0.717) is 23.7 Å². The molecule has 1 heterocycles. The highest BCUT2D eigenvalue weighted by Gasteiger charge is 2.25. The maximum atomic E-state index is 12.6. The molecule has 1 N–H and O–H groups in total. The second-order valence-electron chi connectivity index (χ2n) is 5.73. The lowest BCUT2D eigenvalue weighted by molar-refractivity contribution is 0.306. The molecule has 0 saturated heterocycles. The monoisotopic (exact) mass is 391 g/mol. The van der Waals surface area contributed by atoms with E-state index in [0.717, 1.165) is 5.56 Å². The van der Waals surface area contributed by atoms with Crippen LogP contribution in [0.4, 0.5) is 5.69 Å². The number of benzene rings is 2. The summed E-state index contributed by atoms with van der Waals surface area (Å²) in [6.45, 7) is 2.04. The van der Waals surface area contributed by atoms with Crippen molar-refractivity contribution in [3.63, 3.8) is 0 Å². The zero-order valence-corrected chi connectivity index (χ0v) is 15.9. The molecule has 2 aromatic carbocycles. The molecule has 0 aliphatic rings. The average Bonchev–Trinajstić information content (AvgIpc) is 2.87. The molecule has 0 fully saturated rings. The first-order chi connectivity index (χ1) is 12.4. The molecule has 0 atom stereocenters. The molecule has 0 bridgehead atoms. The summed E-state index contributed by atoms with van der Waals surface area (Å²) in [4.78, 5) is -0.0222. The molecule has 1 aromatic heterocycles. The van der Waals surface area contributed by atoms with Crippen LogP contribution in [0.1, 0.15) is 11.3 Å². The van der Waals surface area contributed by atoms with E-state index in [1.807, 2.05) is 30.3 Å². The van der Waals surface area contributed by atoms with Crippen molar-refractivity contribution in [1.29, 1.82) is 0 Å². The molecule has 26 heavy (non-hydrogen) atoms. The first kappa shape index (κ1) is 18.3. The van der Waals surface area contributed by atoms with Crippen molar-refractivity contribution in [3.8, 4) is 5.75 Å². The van der Waals surface area contributed by atoms with Crippen LogP contribution in [0.25, 0.3) is 0 Å². The molecule has 0 amide bonds. The molecule has 8 heteroatoms. The summed E-state index contributed by atoms with van der Waals surface area (Å²) in [5.41, 5.74) is 1.81. The third kappa shape index (κ3) is 4.00. The Morgan fingerprint density at radius 2 is 1.77 bits per heavy atom. The van der Waals surface area contributed by atoms with Crippen molar-refractivity contribution < 1.29 is 13.2 Å². The minimum atomic E-state index is -3.83. The maximum absolute atomic E-state index is 12.6. The lowest BCUT2D eigenvalue weighted by atomic mass is 10.2. The van der Waals surface area contributed by atoms with E-state index in [2.05, 4.69) is 9.82 Å². The van der Waals surface area contributed by atoms with Crippen LogP contribution in [-0.2, 0) is 23.7 Å². The molecule has 0 spiro atoms. The molecule has 0 radical (unpaired) electrons. The quantitative estimate of drug-likeness (QED) is 0.694. The van der Waals surface area contributed by atoms with Gasteiger partial charge in [-0.25, -0.2) is 8.42 Å². The van der Waals surface area contributed by atoms with Gasteiger partial charge in [0.2, 0.25) is 0 Å². The smallest absolute Gasteiger partial charge is 0.266 e. The van der Waals surface area contributed by atoms with E-state index < -0.39 is 10.0 Å². The largest absolute Gasteiger partial charge is 0.489 e. The summed E-state index contributed by atoms with van der Waals surface area (Å²) in [6.07, 6.45) is 0. The number of rotatable bonds is 6. The van der Waals surface area contributed by atoms with Crippen molar-refractivity contribution in [2.45, 2.75) is 18.4 Å². The van der Waals surface area contributed by atoms with Crippen LogP contribution in [0.3, 0.4) is 0 Å². The van der Waals surface area contributed by atoms with Gasteiger partial charge in [0.05, 0.1) is 5.69 Å². The fourth-order valence-electron chi connectivity index (χ4n) is 2.48. The predicted molar refractivity (Wildman–Crippen MR) is 101 cm³/mol. The Labute approximate surface area is 157 Å². The second-order valence-corrected chi connectivity index (χ2v) is 7.71. The Kier molecular flexibility index (Phi) is 5.20. The summed E-state index contributed by atoms with van der Waals surface area (Å²) in [5, 5.41) is 4.10. The number of ether oxygens (including phenoxy) is 1. The Hall–Kier alpha value is -2.51. The topological polar surface area (TPSA) is 73.2 Å². The number of nitrogens with zero attached hydrogens (tertiary/aromatic N) is 2. The Balaban J connectivity index is 1.71. The number of aromatic nitrogens is 2. The average molecular weight is 392 g/mol. The number of halogens is 1. The fourth-order valence-corrected chi connectivity index (χ4v) is 4.29. The van der Waals surface area contributed by atoms with Gasteiger partial charge < -0.3 is 4.74 Å². The highest BCUT2D eigenvalue weighted by atomic mass is 35.5. The van der Waals surface area contributed by atoms with E-state index in [9.17, 15) is 8.42 Å². The number of nitrogens with one attached hydrogen (secondary N) is 1. The number of hydrogen-bond donors (Lipinski definition) is 1. The molecule has 0 unspecified atom stereocenters. The summed E-state index contributed by atoms with van der Waals surface area (Å²) < 4.78 is 34.7. The fraction of sp³-hybridized carbons (Fsp3) is 0.167. The van der Waals surface area contributed by atoms with Crippen molar-refractivity contribution in [3.05, 3.63) is 71.0 Å². The number of sulfonamides is 1. The van der Waals surface area contributed by atoms with Crippen LogP contribution >= 0.6 is 11.6 Å². The van der Waals surface area contributed by atoms with Crippen LogP contribution < -0.4 is 9.46 Å². The van der Waals surface area contributed by atoms with Gasteiger partial charge in [0, 0.05) is 12.7 Å². The molecule has 0 saturated carbocycles. The number of aryl methyl sites for hydroxylation is 2. The van der Waals surface area contributed by atoms with E-state index in [1.165, 1.54) is 4.68 Å².